The van der Waals surface area contributed by atoms with Crippen LogP contribution in [0.1, 0.15) is 32.1 Å². The maximum Gasteiger partial charge on any atom is 0.183 e. The number of carbonyl (C=O) groups excluding carboxylic acids is 1. The number of nitrogens with zero attached hydrogens (tertiary/aromatic N) is 2. The van der Waals surface area contributed by atoms with E-state index in [-0.39, 0.29) is 5.78 Å². The van der Waals surface area contributed by atoms with E-state index in [1.54, 1.807) is 0 Å². The van der Waals surface area contributed by atoms with Crippen LogP contribution in [0, 0.1) is 32.1 Å². The number of hydrogen-bond acceptors (Lipinski definition) is 5. The van der Waals surface area contributed by atoms with Crippen molar-refractivity contribution in [2.24, 2.45) is 0 Å². The third-order valence-corrected chi connectivity index (χ3v) is 5.10. The monoisotopic (exact) mass is 302 g/mol. The van der Waals surface area contributed by atoms with E-state index in [1.165, 1.54) is 23.1 Å². The summed E-state index contributed by atoms with van der Waals surface area (Å²) in [6, 6.07) is 5.88. The molecular formula is C15H14N2OS2. The molecule has 0 saturated carbocycles. The standard InChI is InChI=1S/C15H14N2OS2/c1-9-10(2)12(7-16)15(17-11(9)3)20-8-13(18)14-5-4-6-19-14/h4-6H,8H2,1-3H3. The summed E-state index contributed by atoms with van der Waals surface area (Å²) in [6.45, 7) is 5.81. The van der Waals surface area contributed by atoms with Crippen molar-refractivity contribution in [2.75, 3.05) is 5.75 Å². The number of Topliss-reactive ketones (excluding diaryl/α,β-unsaturated/α-hetero) is 1. The molecule has 102 valence electrons. The Bertz CT molecular complexity index is 685. The van der Waals surface area contributed by atoms with Crippen molar-refractivity contribution in [3.05, 3.63) is 44.8 Å². The second-order valence-corrected chi connectivity index (χ2v) is 6.34. The van der Waals surface area contributed by atoms with Gasteiger partial charge in [-0.1, -0.05) is 17.8 Å². The van der Waals surface area contributed by atoms with E-state index in [9.17, 15) is 10.1 Å². The van der Waals surface area contributed by atoms with Gasteiger partial charge in [0.05, 0.1) is 16.2 Å². The largest absolute Gasteiger partial charge is 0.292 e. The maximum absolute atomic E-state index is 12.0. The van der Waals surface area contributed by atoms with E-state index in [1.807, 2.05) is 38.3 Å². The zero-order valence-corrected chi connectivity index (χ0v) is 13.2. The molecule has 0 unspecified atom stereocenters. The van der Waals surface area contributed by atoms with Gasteiger partial charge in [-0.15, -0.1) is 11.3 Å². The topological polar surface area (TPSA) is 53.8 Å². The van der Waals surface area contributed by atoms with Crippen molar-refractivity contribution in [3.63, 3.8) is 0 Å². The first-order valence-corrected chi connectivity index (χ1v) is 7.98. The number of pyridine rings is 1. The van der Waals surface area contributed by atoms with Gasteiger partial charge in [0.1, 0.15) is 11.1 Å². The van der Waals surface area contributed by atoms with Crippen LogP contribution >= 0.6 is 23.1 Å². The highest BCUT2D eigenvalue weighted by Gasteiger charge is 2.15. The predicted molar refractivity (Wildman–Crippen MR) is 82.5 cm³/mol. The van der Waals surface area contributed by atoms with E-state index in [2.05, 4.69) is 11.1 Å². The molecule has 0 saturated heterocycles. The third-order valence-electron chi connectivity index (χ3n) is 3.21. The number of hydrogen-bond donors (Lipinski definition) is 0. The molecule has 0 bridgehead atoms. The molecule has 0 spiro atoms. The summed E-state index contributed by atoms with van der Waals surface area (Å²) in [5, 5.41) is 11.8. The van der Waals surface area contributed by atoms with Gasteiger partial charge in [0.25, 0.3) is 0 Å². The van der Waals surface area contributed by atoms with Gasteiger partial charge in [0.2, 0.25) is 0 Å². The van der Waals surface area contributed by atoms with Crippen LogP contribution in [0.5, 0.6) is 0 Å². The van der Waals surface area contributed by atoms with Crippen LogP contribution in [-0.4, -0.2) is 16.5 Å². The van der Waals surface area contributed by atoms with Crippen molar-refractivity contribution in [1.82, 2.24) is 4.98 Å². The molecule has 0 N–H and O–H groups in total. The molecule has 2 rings (SSSR count). The Morgan fingerprint density at radius 1 is 1.40 bits per heavy atom. The zero-order valence-electron chi connectivity index (χ0n) is 11.6. The smallest absolute Gasteiger partial charge is 0.183 e. The molecule has 2 aromatic heterocycles. The summed E-state index contributed by atoms with van der Waals surface area (Å²) >= 11 is 2.78. The van der Waals surface area contributed by atoms with Crippen LogP contribution < -0.4 is 0 Å². The average Bonchev–Trinajstić information content (AvgIpc) is 2.96. The number of rotatable bonds is 4. The molecule has 2 heterocycles. The highest BCUT2D eigenvalue weighted by molar-refractivity contribution is 8.00. The molecule has 2 aromatic rings. The molecule has 0 atom stereocenters. The summed E-state index contributed by atoms with van der Waals surface area (Å²) in [7, 11) is 0. The van der Waals surface area contributed by atoms with Crippen LogP contribution in [-0.2, 0) is 0 Å². The van der Waals surface area contributed by atoms with Gasteiger partial charge < -0.3 is 0 Å². The molecule has 0 aliphatic rings. The number of ketones is 1. The van der Waals surface area contributed by atoms with E-state index < -0.39 is 0 Å². The summed E-state index contributed by atoms with van der Waals surface area (Å²) < 4.78 is 0. The molecule has 0 aliphatic carbocycles. The van der Waals surface area contributed by atoms with E-state index in [0.29, 0.717) is 16.3 Å². The van der Waals surface area contributed by atoms with Crippen LogP contribution in [0.3, 0.4) is 0 Å². The average molecular weight is 302 g/mol. The lowest BCUT2D eigenvalue weighted by Crippen LogP contribution is -2.03. The Kier molecular flexibility index (Phi) is 4.58. The van der Waals surface area contributed by atoms with Crippen LogP contribution in [0.25, 0.3) is 0 Å². The van der Waals surface area contributed by atoms with Gasteiger partial charge in [-0.05, 0) is 43.3 Å². The molecule has 0 radical (unpaired) electrons. The number of aryl methyl sites for hydroxylation is 1. The highest BCUT2D eigenvalue weighted by Crippen LogP contribution is 2.27. The van der Waals surface area contributed by atoms with Gasteiger partial charge in [0.15, 0.2) is 5.78 Å². The summed E-state index contributed by atoms with van der Waals surface area (Å²) in [5.41, 5.74) is 3.48. The van der Waals surface area contributed by atoms with E-state index >= 15 is 0 Å². The Hall–Kier alpha value is -1.64. The molecule has 0 aliphatic heterocycles. The number of aromatic nitrogens is 1. The molecule has 5 heteroatoms. The molecule has 3 nitrogen and oxygen atoms in total. The lowest BCUT2D eigenvalue weighted by Gasteiger charge is -2.10. The second-order valence-electron chi connectivity index (χ2n) is 4.43. The summed E-state index contributed by atoms with van der Waals surface area (Å²) in [6.07, 6.45) is 0. The normalized spacial score (nSPS) is 10.3. The van der Waals surface area contributed by atoms with E-state index in [4.69, 9.17) is 0 Å². The summed E-state index contributed by atoms with van der Waals surface area (Å²) in [5.74, 6) is 0.385. The second kappa shape index (κ2) is 6.21. The first kappa shape index (κ1) is 14.8. The van der Waals surface area contributed by atoms with Gasteiger partial charge in [-0.25, -0.2) is 4.98 Å². The fraction of sp³-hybridized carbons (Fsp3) is 0.267. The van der Waals surface area contributed by atoms with Crippen LogP contribution in [0.2, 0.25) is 0 Å². The first-order valence-electron chi connectivity index (χ1n) is 6.12. The van der Waals surface area contributed by atoms with Crippen molar-refractivity contribution in [2.45, 2.75) is 25.8 Å². The minimum Gasteiger partial charge on any atom is -0.292 e. The van der Waals surface area contributed by atoms with Crippen molar-refractivity contribution in [3.8, 4) is 6.07 Å². The van der Waals surface area contributed by atoms with Gasteiger partial charge >= 0.3 is 0 Å². The highest BCUT2D eigenvalue weighted by atomic mass is 32.2. The zero-order chi connectivity index (χ0) is 14.7. The molecule has 0 amide bonds. The lowest BCUT2D eigenvalue weighted by atomic mass is 10.1. The SMILES string of the molecule is Cc1nc(SCC(=O)c2cccs2)c(C#N)c(C)c1C. The van der Waals surface area contributed by atoms with Gasteiger partial charge in [-0.2, -0.15) is 5.26 Å². The lowest BCUT2D eigenvalue weighted by molar-refractivity contribution is 0.102. The Labute approximate surface area is 126 Å². The number of thioether (sulfide) groups is 1. The number of thiophene rings is 1. The van der Waals surface area contributed by atoms with Crippen LogP contribution in [0.15, 0.2) is 22.5 Å². The van der Waals surface area contributed by atoms with Crippen LogP contribution in [0.4, 0.5) is 0 Å². The van der Waals surface area contributed by atoms with Crippen molar-refractivity contribution < 1.29 is 4.79 Å². The fourth-order valence-electron chi connectivity index (χ4n) is 1.79. The van der Waals surface area contributed by atoms with Gasteiger partial charge in [0, 0.05) is 5.69 Å². The maximum atomic E-state index is 12.0. The molecule has 20 heavy (non-hydrogen) atoms. The van der Waals surface area contributed by atoms with E-state index in [0.717, 1.165) is 21.7 Å². The summed E-state index contributed by atoms with van der Waals surface area (Å²) in [4.78, 5) is 17.2. The Balaban J connectivity index is 2.22. The fourth-order valence-corrected chi connectivity index (χ4v) is 3.51. The molecule has 0 aromatic carbocycles. The van der Waals surface area contributed by atoms with Crippen molar-refractivity contribution in [1.29, 1.82) is 5.26 Å². The molecule has 0 fully saturated rings. The quantitative estimate of drug-likeness (QED) is 0.634. The molecular weight excluding hydrogens is 288 g/mol. The first-order chi connectivity index (χ1) is 9.54. The minimum absolute atomic E-state index is 0.0755. The number of nitriles is 1. The predicted octanol–water partition coefficient (Wildman–Crippen LogP) is 3.92. The minimum atomic E-state index is 0.0755. The Morgan fingerprint density at radius 3 is 2.75 bits per heavy atom. The third kappa shape index (κ3) is 2.92. The van der Waals surface area contributed by atoms with Gasteiger partial charge in [-0.3, -0.25) is 4.79 Å². The van der Waals surface area contributed by atoms with Crippen molar-refractivity contribution >= 4 is 28.9 Å². The number of carbonyl (C=O) groups is 1. The Morgan fingerprint density at radius 2 is 2.15 bits per heavy atom.